The normalized spacial score (nSPS) is 17.5. The highest BCUT2D eigenvalue weighted by Gasteiger charge is 2.52. The van der Waals surface area contributed by atoms with Crippen molar-refractivity contribution in [1.82, 2.24) is 54.2 Å². The SMILES string of the molecule is CC(=O)N(C)C1CCN(c2cccc(-c3ccc4nc(-c5cccnc5N)n(-c5ccc(C6(N)CCC6)cc5)c4n3)c2)CC1.CC(=O)N(C)C1CCN(c2cccc(B3OC(C)(C)C(C)(C)O3)c2)CC1.CC(C)(C)OC(=O)NC1(c2ccc(-n3c(-c4cccnc4N)nc4ccc(Cl)nc43)cc2)CCC1. The molecule has 0 unspecified atom stereocenters. The van der Waals surface area contributed by atoms with Gasteiger partial charge in [0.25, 0.3) is 0 Å². The zero-order valence-corrected chi connectivity index (χ0v) is 62.8. The van der Waals surface area contributed by atoms with Crippen molar-refractivity contribution in [3.8, 4) is 45.4 Å². The highest BCUT2D eigenvalue weighted by molar-refractivity contribution is 6.62. The first-order valence-corrected chi connectivity index (χ1v) is 36.9. The summed E-state index contributed by atoms with van der Waals surface area (Å²) >= 11 is 6.23. The third-order valence-electron chi connectivity index (χ3n) is 22.0. The van der Waals surface area contributed by atoms with Gasteiger partial charge in [-0.05, 0) is 226 Å². The van der Waals surface area contributed by atoms with Crippen LogP contribution in [0.5, 0.6) is 0 Å². The van der Waals surface area contributed by atoms with Gasteiger partial charge in [0.2, 0.25) is 11.8 Å². The van der Waals surface area contributed by atoms with Crippen LogP contribution in [0, 0.1) is 0 Å². The lowest BCUT2D eigenvalue weighted by molar-refractivity contribution is -0.130. The van der Waals surface area contributed by atoms with Crippen LogP contribution in [0.25, 0.3) is 67.7 Å². The number of ether oxygens (including phenoxy) is 1. The molecule has 3 amide bonds. The molecule has 22 nitrogen and oxygen atoms in total. The molecule has 5 fully saturated rings. The highest BCUT2D eigenvalue weighted by atomic mass is 35.5. The highest BCUT2D eigenvalue weighted by Crippen LogP contribution is 2.44. The smallest absolute Gasteiger partial charge is 0.444 e. The molecule has 15 rings (SSSR count). The Balaban J connectivity index is 0.000000145. The van der Waals surface area contributed by atoms with E-state index < -0.39 is 17.2 Å². The predicted octanol–water partition coefficient (Wildman–Crippen LogP) is 13.6. The fourth-order valence-corrected chi connectivity index (χ4v) is 14.7. The van der Waals surface area contributed by atoms with Gasteiger partial charge >= 0.3 is 13.2 Å². The van der Waals surface area contributed by atoms with E-state index >= 15 is 0 Å². The van der Waals surface area contributed by atoms with Gasteiger partial charge in [0.15, 0.2) is 22.9 Å². The van der Waals surface area contributed by atoms with E-state index in [4.69, 9.17) is 57.8 Å². The zero-order valence-electron chi connectivity index (χ0n) is 62.1. The summed E-state index contributed by atoms with van der Waals surface area (Å²) in [6.07, 6.45) is 12.8. The predicted molar refractivity (Wildman–Crippen MR) is 418 cm³/mol. The lowest BCUT2D eigenvalue weighted by Gasteiger charge is -2.43. The number of nitrogens with one attached hydrogen (secondary N) is 1. The minimum Gasteiger partial charge on any atom is -0.444 e. The molecular weight excluding hydrogens is 1340 g/mol. The summed E-state index contributed by atoms with van der Waals surface area (Å²) in [5.41, 5.74) is 30.9. The van der Waals surface area contributed by atoms with Crippen LogP contribution in [-0.4, -0.2) is 143 Å². The topological polar surface area (TPSA) is 269 Å². The molecule has 0 bridgehead atoms. The van der Waals surface area contributed by atoms with Crippen molar-refractivity contribution in [2.24, 2.45) is 5.73 Å². The molecule has 0 radical (unpaired) electrons. The number of amides is 3. The van der Waals surface area contributed by atoms with Crippen molar-refractivity contribution in [2.45, 2.75) is 166 Å². The lowest BCUT2D eigenvalue weighted by atomic mass is 9.72. The van der Waals surface area contributed by atoms with Gasteiger partial charge in [-0.1, -0.05) is 60.1 Å². The van der Waals surface area contributed by atoms with Gasteiger partial charge in [-0.2, -0.15) is 0 Å². The van der Waals surface area contributed by atoms with Crippen molar-refractivity contribution >= 4 is 87.4 Å². The number of rotatable bonds is 13. The summed E-state index contributed by atoms with van der Waals surface area (Å²) in [7, 11) is 3.48. The van der Waals surface area contributed by atoms with Crippen LogP contribution < -0.4 is 37.8 Å². The van der Waals surface area contributed by atoms with Crippen molar-refractivity contribution in [2.75, 3.05) is 61.5 Å². The second-order valence-electron chi connectivity index (χ2n) is 30.5. The first kappa shape index (κ1) is 73.4. The van der Waals surface area contributed by atoms with Crippen molar-refractivity contribution in [3.05, 3.63) is 174 Å². The van der Waals surface area contributed by atoms with Gasteiger partial charge in [-0.25, -0.2) is 34.7 Å². The lowest BCUT2D eigenvalue weighted by Crippen LogP contribution is -2.52. The Labute approximate surface area is 620 Å². The zero-order chi connectivity index (χ0) is 74.3. The number of carbonyl (C=O) groups excluding carboxylic acids is 3. The Morgan fingerprint density at radius 1 is 0.581 bits per heavy atom. The van der Waals surface area contributed by atoms with Gasteiger partial charge in [-0.15, -0.1) is 0 Å². The van der Waals surface area contributed by atoms with Crippen molar-refractivity contribution in [1.29, 1.82) is 0 Å². The maximum Gasteiger partial charge on any atom is 0.494 e. The summed E-state index contributed by atoms with van der Waals surface area (Å²) in [6.45, 7) is 20.9. The van der Waals surface area contributed by atoms with Crippen LogP contribution in [0.3, 0.4) is 0 Å². The number of nitrogens with zero attached hydrogens (tertiary/aromatic N) is 12. The van der Waals surface area contributed by atoms with Crippen molar-refractivity contribution < 1.29 is 28.4 Å². The van der Waals surface area contributed by atoms with E-state index in [2.05, 4.69) is 135 Å². The number of imidazole rings is 2. The third-order valence-corrected chi connectivity index (χ3v) is 22.2. The van der Waals surface area contributed by atoms with Crippen LogP contribution in [0.1, 0.15) is 138 Å². The van der Waals surface area contributed by atoms with E-state index in [0.29, 0.717) is 51.2 Å². The van der Waals surface area contributed by atoms with Crippen molar-refractivity contribution in [3.63, 3.8) is 0 Å². The number of anilines is 4. The van der Waals surface area contributed by atoms with Crippen LogP contribution in [-0.2, 0) is 34.7 Å². The van der Waals surface area contributed by atoms with E-state index in [0.717, 1.165) is 152 Å². The molecule has 0 spiro atoms. The van der Waals surface area contributed by atoms with Crippen LogP contribution in [0.15, 0.2) is 158 Å². The number of hydrogen-bond donors (Lipinski definition) is 4. The number of halogens is 1. The second kappa shape index (κ2) is 29.5. The molecule has 105 heavy (non-hydrogen) atoms. The number of carbonyl (C=O) groups is 3. The molecular formula is C81H96BClN16O6. The average Bonchev–Trinajstić information content (AvgIpc) is 1.67. The molecule has 5 aliphatic rings. The molecule has 3 saturated heterocycles. The molecule has 4 aromatic carbocycles. The largest absolute Gasteiger partial charge is 0.494 e. The molecule has 2 saturated carbocycles. The first-order chi connectivity index (χ1) is 50.1. The van der Waals surface area contributed by atoms with Gasteiger partial charge in [-0.3, -0.25) is 18.7 Å². The van der Waals surface area contributed by atoms with Crippen LogP contribution >= 0.6 is 11.6 Å². The minimum absolute atomic E-state index is 0.123. The number of pyridine rings is 4. The van der Waals surface area contributed by atoms with E-state index in [1.165, 1.54) is 5.69 Å². The van der Waals surface area contributed by atoms with E-state index in [1.54, 1.807) is 32.3 Å². The fourth-order valence-electron chi connectivity index (χ4n) is 14.6. The monoisotopic (exact) mass is 1430 g/mol. The molecule has 7 N–H and O–H groups in total. The van der Waals surface area contributed by atoms with E-state index in [1.807, 2.05) is 116 Å². The number of piperidine rings is 2. The Morgan fingerprint density at radius 2 is 1.06 bits per heavy atom. The standard InChI is InChI=1S/C35H38N8O.C26H27ClN6O2.C20H31BN2O3/c1-23(44)41(2)26-15-20-42(21-16-26)28-7-3-6-24(22-28)30-13-14-31-34(39-30)43(33(40-31)29-8-4-19-38-32(29)36)27-11-9-25(10-12-27)35(37)17-5-18-35;1-25(2,3)35-24(34)32-26(13-5-14-26)16-7-9-17(10-8-16)33-22(18-6-4-15-29-21(18)28)30-19-11-12-20(27)31-23(19)33;1-15(24)22(6)17-10-12-23(13-11-17)18-9-7-8-16(14-18)21-25-19(2,3)20(4,5)26-21/h3-4,6-14,19,22,26H,5,15-18,20-21,37H2,1-2H3,(H2,36,38);4,6-12,15H,5,13-14H2,1-3H3,(H2,28,29)(H,32,34);7-9,14,17H,10-13H2,1-6H3. The summed E-state index contributed by atoms with van der Waals surface area (Å²) in [5.74, 6) is 2.38. The quantitative estimate of drug-likeness (QED) is 0.0617. The van der Waals surface area contributed by atoms with Gasteiger partial charge in [0.1, 0.15) is 33.4 Å². The summed E-state index contributed by atoms with van der Waals surface area (Å²) in [6, 6.07) is 49.2. The summed E-state index contributed by atoms with van der Waals surface area (Å²) in [4.78, 5) is 72.5. The molecule has 10 aromatic rings. The fraction of sp³-hybridized carbons (Fsp3) is 0.395. The molecule has 6 aromatic heterocycles. The maximum absolute atomic E-state index is 12.5. The van der Waals surface area contributed by atoms with Gasteiger partial charge in [0.05, 0.1) is 33.6 Å². The number of nitrogens with two attached hydrogens (primary N) is 3. The number of aromatic nitrogens is 8. The average molecular weight is 1440 g/mol. The van der Waals surface area contributed by atoms with Gasteiger partial charge in [0, 0.05) is 112 Å². The van der Waals surface area contributed by atoms with Crippen LogP contribution in [0.4, 0.5) is 27.8 Å². The second-order valence-corrected chi connectivity index (χ2v) is 30.9. The number of benzene rings is 4. The maximum atomic E-state index is 12.5. The van der Waals surface area contributed by atoms with E-state index in [-0.39, 0.29) is 41.7 Å². The molecule has 9 heterocycles. The molecule has 24 heteroatoms. The third kappa shape index (κ3) is 15.5. The molecule has 0 atom stereocenters. The Kier molecular flexibility index (Phi) is 20.6. The Bertz CT molecular complexity index is 4810. The number of nitrogen functional groups attached to an aromatic ring is 2. The number of hydrogen-bond acceptors (Lipinski definition) is 17. The molecule has 546 valence electrons. The summed E-state index contributed by atoms with van der Waals surface area (Å²) in [5, 5.41) is 3.48. The molecule has 2 aliphatic carbocycles. The Morgan fingerprint density at radius 3 is 1.52 bits per heavy atom. The minimum atomic E-state index is -0.555. The number of fused-ring (bicyclic) bond motifs is 2. The van der Waals surface area contributed by atoms with Crippen LogP contribution in [0.2, 0.25) is 5.15 Å². The van der Waals surface area contributed by atoms with Gasteiger partial charge < -0.3 is 56.2 Å². The molecule has 3 aliphatic heterocycles. The van der Waals surface area contributed by atoms with E-state index in [9.17, 15) is 14.4 Å². The Hall–Kier alpha value is -9.94. The summed E-state index contributed by atoms with van der Waals surface area (Å²) < 4.78 is 21.9. The number of alkyl carbamates (subject to hydrolysis) is 1. The first-order valence-electron chi connectivity index (χ1n) is 36.5.